The van der Waals surface area contributed by atoms with E-state index in [0.717, 1.165) is 22.2 Å². The van der Waals surface area contributed by atoms with Gasteiger partial charge in [-0.05, 0) is 30.3 Å². The molecule has 0 unspecified atom stereocenters. The summed E-state index contributed by atoms with van der Waals surface area (Å²) in [4.78, 5) is 0. The van der Waals surface area contributed by atoms with Crippen molar-refractivity contribution in [3.63, 3.8) is 0 Å². The van der Waals surface area contributed by atoms with Crippen molar-refractivity contribution in [1.29, 1.82) is 0 Å². The van der Waals surface area contributed by atoms with Crippen LogP contribution in [0.4, 0.5) is 5.69 Å². The number of rotatable bonds is 3. The Kier molecular flexibility index (Phi) is 2.98. The molecule has 1 heterocycles. The molecular weight excluding hydrogens is 238 g/mol. The fraction of sp³-hybridized carbons (Fsp3) is 0.0667. The Bertz CT molecular complexity index is 690. The maximum atomic E-state index is 5.79. The molecule has 1 N–H and O–H groups in total. The lowest BCUT2D eigenvalue weighted by atomic mass is 10.2. The largest absolute Gasteiger partial charge is 0.437 e. The summed E-state index contributed by atoms with van der Waals surface area (Å²) in [6.07, 6.45) is 1.73. The maximum Gasteiger partial charge on any atom is 0.246 e. The summed E-state index contributed by atoms with van der Waals surface area (Å²) >= 11 is 0. The van der Waals surface area contributed by atoms with Crippen molar-refractivity contribution >= 4 is 16.5 Å². The van der Waals surface area contributed by atoms with E-state index in [-0.39, 0.29) is 0 Å². The van der Waals surface area contributed by atoms with Crippen LogP contribution in [0.1, 0.15) is 0 Å². The molecule has 0 bridgehead atoms. The molecule has 0 spiro atoms. The third kappa shape index (κ3) is 2.33. The molecule has 94 valence electrons. The highest BCUT2D eigenvalue weighted by molar-refractivity contribution is 5.85. The summed E-state index contributed by atoms with van der Waals surface area (Å²) in [6, 6.07) is 15.6. The SMILES string of the molecule is CNc1ccc(Oc2nncc3ccccc23)cc1. The van der Waals surface area contributed by atoms with Crippen LogP contribution in [-0.2, 0) is 0 Å². The molecular formula is C15H13N3O. The molecule has 0 saturated carbocycles. The number of ether oxygens (including phenoxy) is 1. The van der Waals surface area contributed by atoms with Crippen molar-refractivity contribution in [3.8, 4) is 11.6 Å². The lowest BCUT2D eigenvalue weighted by Crippen LogP contribution is -1.92. The van der Waals surface area contributed by atoms with Gasteiger partial charge in [-0.1, -0.05) is 18.2 Å². The zero-order valence-electron chi connectivity index (χ0n) is 10.5. The lowest BCUT2D eigenvalue weighted by Gasteiger charge is -2.07. The number of aromatic nitrogens is 2. The van der Waals surface area contributed by atoms with Crippen LogP contribution in [0.3, 0.4) is 0 Å². The van der Waals surface area contributed by atoms with Crippen LogP contribution in [0.15, 0.2) is 54.7 Å². The van der Waals surface area contributed by atoms with Crippen LogP contribution in [0.5, 0.6) is 11.6 Å². The maximum absolute atomic E-state index is 5.79. The molecule has 19 heavy (non-hydrogen) atoms. The number of anilines is 1. The Morgan fingerprint density at radius 1 is 1.00 bits per heavy atom. The molecule has 3 aromatic rings. The van der Waals surface area contributed by atoms with E-state index in [0.29, 0.717) is 5.88 Å². The summed E-state index contributed by atoms with van der Waals surface area (Å²) in [5, 5.41) is 13.0. The Balaban J connectivity index is 1.96. The van der Waals surface area contributed by atoms with Crippen LogP contribution in [0, 0.1) is 0 Å². The first-order valence-electron chi connectivity index (χ1n) is 6.03. The molecule has 0 aliphatic rings. The minimum absolute atomic E-state index is 0.523. The van der Waals surface area contributed by atoms with E-state index in [9.17, 15) is 0 Å². The summed E-state index contributed by atoms with van der Waals surface area (Å²) in [6.45, 7) is 0. The van der Waals surface area contributed by atoms with E-state index in [1.807, 2.05) is 55.6 Å². The fourth-order valence-electron chi connectivity index (χ4n) is 1.88. The first kappa shape index (κ1) is 11.5. The highest BCUT2D eigenvalue weighted by atomic mass is 16.5. The molecule has 1 aromatic heterocycles. The van der Waals surface area contributed by atoms with Crippen molar-refractivity contribution in [2.75, 3.05) is 12.4 Å². The Hall–Kier alpha value is -2.62. The first-order chi connectivity index (χ1) is 9.36. The van der Waals surface area contributed by atoms with Crippen LogP contribution in [-0.4, -0.2) is 17.2 Å². The highest BCUT2D eigenvalue weighted by Crippen LogP contribution is 2.27. The zero-order chi connectivity index (χ0) is 13.1. The van der Waals surface area contributed by atoms with Gasteiger partial charge in [0, 0.05) is 23.5 Å². The molecule has 0 aliphatic heterocycles. The van der Waals surface area contributed by atoms with Crippen molar-refractivity contribution in [2.45, 2.75) is 0 Å². The second kappa shape index (κ2) is 4.94. The molecule has 0 radical (unpaired) electrons. The van der Waals surface area contributed by atoms with E-state index >= 15 is 0 Å². The van der Waals surface area contributed by atoms with Gasteiger partial charge in [-0.15, -0.1) is 5.10 Å². The van der Waals surface area contributed by atoms with E-state index in [1.54, 1.807) is 6.20 Å². The monoisotopic (exact) mass is 251 g/mol. The summed E-state index contributed by atoms with van der Waals surface area (Å²) in [5.41, 5.74) is 1.04. The number of benzene rings is 2. The molecule has 3 rings (SSSR count). The quantitative estimate of drug-likeness (QED) is 0.774. The predicted octanol–water partition coefficient (Wildman–Crippen LogP) is 3.46. The number of hydrogen-bond donors (Lipinski definition) is 1. The number of fused-ring (bicyclic) bond motifs is 1. The number of nitrogens with one attached hydrogen (secondary N) is 1. The van der Waals surface area contributed by atoms with Gasteiger partial charge in [0.25, 0.3) is 0 Å². The predicted molar refractivity (Wildman–Crippen MR) is 75.6 cm³/mol. The fourth-order valence-corrected chi connectivity index (χ4v) is 1.88. The summed E-state index contributed by atoms with van der Waals surface area (Å²) < 4.78 is 5.79. The topological polar surface area (TPSA) is 47.0 Å². The third-order valence-electron chi connectivity index (χ3n) is 2.89. The van der Waals surface area contributed by atoms with Crippen molar-refractivity contribution in [3.05, 3.63) is 54.7 Å². The molecule has 0 fully saturated rings. The van der Waals surface area contributed by atoms with Gasteiger partial charge < -0.3 is 10.1 Å². The van der Waals surface area contributed by atoms with Crippen LogP contribution >= 0.6 is 0 Å². The average molecular weight is 251 g/mol. The summed E-state index contributed by atoms with van der Waals surface area (Å²) in [7, 11) is 1.88. The smallest absolute Gasteiger partial charge is 0.246 e. The van der Waals surface area contributed by atoms with Gasteiger partial charge in [-0.2, -0.15) is 5.10 Å². The van der Waals surface area contributed by atoms with E-state index in [1.165, 1.54) is 0 Å². The van der Waals surface area contributed by atoms with Gasteiger partial charge in [0.1, 0.15) is 5.75 Å². The van der Waals surface area contributed by atoms with Crippen LogP contribution < -0.4 is 10.1 Å². The standard InChI is InChI=1S/C15H13N3O/c1-16-12-6-8-13(9-7-12)19-15-14-5-3-2-4-11(14)10-17-18-15/h2-10,16H,1H3. The van der Waals surface area contributed by atoms with Gasteiger partial charge in [0.2, 0.25) is 5.88 Å². The van der Waals surface area contributed by atoms with Gasteiger partial charge >= 0.3 is 0 Å². The zero-order valence-corrected chi connectivity index (χ0v) is 10.5. The third-order valence-corrected chi connectivity index (χ3v) is 2.89. The lowest BCUT2D eigenvalue weighted by molar-refractivity contribution is 0.462. The molecule has 4 heteroatoms. The average Bonchev–Trinajstić information content (AvgIpc) is 2.48. The number of hydrogen-bond acceptors (Lipinski definition) is 4. The minimum atomic E-state index is 0.523. The Morgan fingerprint density at radius 2 is 1.79 bits per heavy atom. The summed E-state index contributed by atoms with van der Waals surface area (Å²) in [5.74, 6) is 1.26. The van der Waals surface area contributed by atoms with E-state index in [2.05, 4.69) is 15.5 Å². The van der Waals surface area contributed by atoms with Gasteiger partial charge in [-0.3, -0.25) is 0 Å². The second-order valence-electron chi connectivity index (χ2n) is 4.11. The Labute approximate surface area is 111 Å². The van der Waals surface area contributed by atoms with Crippen LogP contribution in [0.2, 0.25) is 0 Å². The minimum Gasteiger partial charge on any atom is -0.437 e. The van der Waals surface area contributed by atoms with E-state index in [4.69, 9.17) is 4.74 Å². The molecule has 0 amide bonds. The van der Waals surface area contributed by atoms with E-state index < -0.39 is 0 Å². The van der Waals surface area contributed by atoms with Crippen molar-refractivity contribution < 1.29 is 4.74 Å². The number of nitrogens with zero attached hydrogens (tertiary/aromatic N) is 2. The van der Waals surface area contributed by atoms with Gasteiger partial charge in [0.15, 0.2) is 0 Å². The van der Waals surface area contributed by atoms with Gasteiger partial charge in [0.05, 0.1) is 6.20 Å². The van der Waals surface area contributed by atoms with Crippen molar-refractivity contribution in [2.24, 2.45) is 0 Å². The van der Waals surface area contributed by atoms with Crippen LogP contribution in [0.25, 0.3) is 10.8 Å². The molecule has 0 atom stereocenters. The van der Waals surface area contributed by atoms with Gasteiger partial charge in [-0.25, -0.2) is 0 Å². The second-order valence-corrected chi connectivity index (χ2v) is 4.11. The molecule has 0 aliphatic carbocycles. The molecule has 2 aromatic carbocycles. The first-order valence-corrected chi connectivity index (χ1v) is 6.03. The Morgan fingerprint density at radius 3 is 2.58 bits per heavy atom. The molecule has 4 nitrogen and oxygen atoms in total. The highest BCUT2D eigenvalue weighted by Gasteiger charge is 2.05. The van der Waals surface area contributed by atoms with Crippen molar-refractivity contribution in [1.82, 2.24) is 10.2 Å². The normalized spacial score (nSPS) is 10.4. The molecule has 0 saturated heterocycles.